The van der Waals surface area contributed by atoms with Crippen LogP contribution in [0.5, 0.6) is 0 Å². The summed E-state index contributed by atoms with van der Waals surface area (Å²) in [6.45, 7) is 4.15. The topological polar surface area (TPSA) is 69.6 Å². The Kier molecular flexibility index (Phi) is 37.0. The highest BCUT2D eigenvalue weighted by atomic mass is 16.3. The van der Waals surface area contributed by atoms with Gasteiger partial charge in [-0.3, -0.25) is 4.79 Å². The molecule has 274 valence electrons. The number of unbranched alkanes of at least 4 members (excludes halogenated alkanes) is 15. The molecular weight excluding hydrogens is 590 g/mol. The Bertz CT molecular complexity index is 895. The summed E-state index contributed by atoms with van der Waals surface area (Å²) in [5.74, 6) is -0.106. The van der Waals surface area contributed by atoms with Gasteiger partial charge in [-0.05, 0) is 83.5 Å². The second-order valence-corrected chi connectivity index (χ2v) is 12.9. The zero-order valence-corrected chi connectivity index (χ0v) is 31.2. The van der Waals surface area contributed by atoms with Crippen LogP contribution >= 0.6 is 0 Å². The maximum absolute atomic E-state index is 12.3. The van der Waals surface area contributed by atoms with Crippen LogP contribution in [0.15, 0.2) is 85.1 Å². The van der Waals surface area contributed by atoms with Gasteiger partial charge in [-0.15, -0.1) is 0 Å². The van der Waals surface area contributed by atoms with E-state index in [0.717, 1.165) is 83.5 Å². The largest absolute Gasteiger partial charge is 0.394 e. The molecule has 2 atom stereocenters. The molecule has 0 rings (SSSR count). The lowest BCUT2D eigenvalue weighted by Gasteiger charge is -2.19. The Labute approximate surface area is 297 Å². The summed E-state index contributed by atoms with van der Waals surface area (Å²) in [6, 6.07) is -0.662. The van der Waals surface area contributed by atoms with E-state index in [0.29, 0.717) is 6.42 Å². The zero-order valence-electron chi connectivity index (χ0n) is 31.2. The van der Waals surface area contributed by atoms with Crippen molar-refractivity contribution in [2.45, 2.75) is 180 Å². The smallest absolute Gasteiger partial charge is 0.220 e. The Morgan fingerprint density at radius 2 is 0.938 bits per heavy atom. The number of hydrogen-bond donors (Lipinski definition) is 3. The second kappa shape index (κ2) is 39.0. The average Bonchev–Trinajstić information content (AvgIpc) is 3.09. The molecule has 4 heteroatoms. The van der Waals surface area contributed by atoms with Crippen LogP contribution in [0, 0.1) is 0 Å². The number of nitrogens with one attached hydrogen (secondary N) is 1. The van der Waals surface area contributed by atoms with E-state index in [1.807, 2.05) is 6.08 Å². The fourth-order valence-corrected chi connectivity index (χ4v) is 5.32. The standard InChI is InChI=1S/C44H75NO3/c1-3-5-7-9-11-13-15-17-19-21-22-24-25-27-29-31-33-35-37-39-43(47)42(41-46)45-44(48)40-38-36-34-32-30-28-26-23-20-18-16-14-12-10-8-6-4-2/h6,8,12,14,18,20,22,24,26,28-29,31,37,39,42-43,46-47H,3-5,7,9-11,13,15-17,19,21,23,25,27,30,32-36,38,40-41H2,1-2H3,(H,45,48)/b8-6-,14-12-,20-18-,24-22+,28-26-,31-29+,39-37+. The summed E-state index contributed by atoms with van der Waals surface area (Å²) < 4.78 is 0. The molecule has 0 aliphatic carbocycles. The van der Waals surface area contributed by atoms with E-state index in [2.05, 4.69) is 92.1 Å². The molecule has 3 N–H and O–H groups in total. The van der Waals surface area contributed by atoms with E-state index >= 15 is 0 Å². The van der Waals surface area contributed by atoms with Crippen molar-refractivity contribution in [1.29, 1.82) is 0 Å². The summed E-state index contributed by atoms with van der Waals surface area (Å²) >= 11 is 0. The van der Waals surface area contributed by atoms with Crippen molar-refractivity contribution >= 4 is 5.91 Å². The van der Waals surface area contributed by atoms with Crippen molar-refractivity contribution < 1.29 is 15.0 Å². The van der Waals surface area contributed by atoms with Gasteiger partial charge in [0, 0.05) is 6.42 Å². The third-order valence-electron chi connectivity index (χ3n) is 8.34. The van der Waals surface area contributed by atoms with Crippen molar-refractivity contribution in [3.8, 4) is 0 Å². The minimum absolute atomic E-state index is 0.106. The van der Waals surface area contributed by atoms with Crippen LogP contribution in [-0.4, -0.2) is 34.9 Å². The van der Waals surface area contributed by atoms with Gasteiger partial charge in [-0.2, -0.15) is 0 Å². The van der Waals surface area contributed by atoms with Crippen LogP contribution in [0.25, 0.3) is 0 Å². The summed E-state index contributed by atoms with van der Waals surface area (Å²) in [5.41, 5.74) is 0. The normalized spacial score (nSPS) is 14.0. The number of amides is 1. The molecule has 0 saturated heterocycles. The number of carbonyl (C=O) groups excluding carboxylic acids is 1. The molecule has 0 heterocycles. The molecule has 0 aromatic carbocycles. The van der Waals surface area contributed by atoms with Gasteiger partial charge in [0.15, 0.2) is 0 Å². The average molecular weight is 666 g/mol. The van der Waals surface area contributed by atoms with Crippen LogP contribution < -0.4 is 5.32 Å². The lowest BCUT2D eigenvalue weighted by Crippen LogP contribution is -2.45. The first-order valence-corrected chi connectivity index (χ1v) is 19.8. The highest BCUT2D eigenvalue weighted by Gasteiger charge is 2.17. The third-order valence-corrected chi connectivity index (χ3v) is 8.34. The van der Waals surface area contributed by atoms with Gasteiger partial charge in [0.1, 0.15) is 0 Å². The molecule has 2 unspecified atom stereocenters. The first-order valence-electron chi connectivity index (χ1n) is 19.8. The first-order chi connectivity index (χ1) is 23.7. The molecule has 0 fully saturated rings. The van der Waals surface area contributed by atoms with Gasteiger partial charge in [0.05, 0.1) is 18.8 Å². The maximum atomic E-state index is 12.3. The minimum atomic E-state index is -0.884. The number of hydrogen-bond acceptors (Lipinski definition) is 3. The number of aliphatic hydroxyl groups is 2. The van der Waals surface area contributed by atoms with Crippen LogP contribution in [0.2, 0.25) is 0 Å². The second-order valence-electron chi connectivity index (χ2n) is 12.9. The molecule has 0 saturated carbocycles. The molecule has 0 aromatic rings. The highest BCUT2D eigenvalue weighted by molar-refractivity contribution is 5.76. The lowest BCUT2D eigenvalue weighted by molar-refractivity contribution is -0.123. The molecular formula is C44H75NO3. The van der Waals surface area contributed by atoms with Crippen LogP contribution in [-0.2, 0) is 4.79 Å². The fraction of sp³-hybridized carbons (Fsp3) is 0.659. The molecule has 48 heavy (non-hydrogen) atoms. The van der Waals surface area contributed by atoms with E-state index in [9.17, 15) is 15.0 Å². The van der Waals surface area contributed by atoms with E-state index in [4.69, 9.17) is 0 Å². The number of aliphatic hydroxyl groups excluding tert-OH is 2. The SMILES string of the molecule is CC/C=C\C/C=C\C/C=C\C/C=C\CCCCCCC(=O)NC(CO)C(O)/C=C/CC/C=C/CC/C=C/CCCCCCCCCCC. The van der Waals surface area contributed by atoms with E-state index in [-0.39, 0.29) is 12.5 Å². The molecule has 0 aromatic heterocycles. The fourth-order valence-electron chi connectivity index (χ4n) is 5.32. The summed E-state index contributed by atoms with van der Waals surface area (Å²) in [5, 5.41) is 22.9. The van der Waals surface area contributed by atoms with Crippen LogP contribution in [0.3, 0.4) is 0 Å². The van der Waals surface area contributed by atoms with Crippen molar-refractivity contribution in [1.82, 2.24) is 5.32 Å². The Balaban J connectivity index is 3.77. The predicted molar refractivity (Wildman–Crippen MR) is 211 cm³/mol. The van der Waals surface area contributed by atoms with Crippen molar-refractivity contribution in [2.24, 2.45) is 0 Å². The van der Waals surface area contributed by atoms with Crippen molar-refractivity contribution in [3.05, 3.63) is 85.1 Å². The summed E-state index contributed by atoms with van der Waals surface area (Å²) in [7, 11) is 0. The van der Waals surface area contributed by atoms with Gasteiger partial charge in [0.25, 0.3) is 0 Å². The van der Waals surface area contributed by atoms with E-state index < -0.39 is 12.1 Å². The Morgan fingerprint density at radius 3 is 1.46 bits per heavy atom. The van der Waals surface area contributed by atoms with Gasteiger partial charge >= 0.3 is 0 Å². The quantitative estimate of drug-likeness (QED) is 0.0473. The van der Waals surface area contributed by atoms with Gasteiger partial charge in [-0.1, -0.05) is 163 Å². The minimum Gasteiger partial charge on any atom is -0.394 e. The van der Waals surface area contributed by atoms with E-state index in [1.54, 1.807) is 6.08 Å². The first kappa shape index (κ1) is 45.6. The van der Waals surface area contributed by atoms with Crippen LogP contribution in [0.4, 0.5) is 0 Å². The number of carbonyl (C=O) groups is 1. The van der Waals surface area contributed by atoms with Gasteiger partial charge < -0.3 is 15.5 Å². The molecule has 0 bridgehead atoms. The lowest BCUT2D eigenvalue weighted by atomic mass is 10.1. The molecule has 0 spiro atoms. The van der Waals surface area contributed by atoms with E-state index in [1.165, 1.54) is 64.2 Å². The zero-order chi connectivity index (χ0) is 35.0. The molecule has 0 aliphatic rings. The predicted octanol–water partition coefficient (Wildman–Crippen LogP) is 12.1. The van der Waals surface area contributed by atoms with Gasteiger partial charge in [0.2, 0.25) is 5.91 Å². The Hall–Kier alpha value is -2.43. The van der Waals surface area contributed by atoms with Gasteiger partial charge in [-0.25, -0.2) is 0 Å². The maximum Gasteiger partial charge on any atom is 0.220 e. The Morgan fingerprint density at radius 1 is 0.521 bits per heavy atom. The molecule has 0 aliphatic heterocycles. The summed E-state index contributed by atoms with van der Waals surface area (Å²) in [6.07, 6.45) is 56.7. The number of allylic oxidation sites excluding steroid dienone is 13. The third kappa shape index (κ3) is 34.9. The van der Waals surface area contributed by atoms with Crippen LogP contribution in [0.1, 0.15) is 168 Å². The van der Waals surface area contributed by atoms with Crippen molar-refractivity contribution in [2.75, 3.05) is 6.61 Å². The molecule has 4 nitrogen and oxygen atoms in total. The number of rotatable bonds is 34. The highest BCUT2D eigenvalue weighted by Crippen LogP contribution is 2.11. The summed E-state index contributed by atoms with van der Waals surface area (Å²) in [4.78, 5) is 12.3. The molecule has 0 radical (unpaired) electrons. The molecule has 1 amide bonds. The van der Waals surface area contributed by atoms with Crippen molar-refractivity contribution in [3.63, 3.8) is 0 Å². The monoisotopic (exact) mass is 666 g/mol.